The Labute approximate surface area is 172 Å². The van der Waals surface area contributed by atoms with Gasteiger partial charge in [-0.05, 0) is 45.1 Å². The zero-order valence-electron chi connectivity index (χ0n) is 16.8. The van der Waals surface area contributed by atoms with Crippen molar-refractivity contribution in [3.63, 3.8) is 0 Å². The number of aromatic nitrogens is 2. The first-order valence-corrected chi connectivity index (χ1v) is 11.1. The van der Waals surface area contributed by atoms with Crippen LogP contribution < -0.4 is 16.6 Å². The molecule has 156 valence electrons. The summed E-state index contributed by atoms with van der Waals surface area (Å²) < 4.78 is 9.01. The number of carbonyl (C=O) groups is 1. The lowest BCUT2D eigenvalue weighted by Gasteiger charge is -2.18. The number of fused-ring (bicyclic) bond motifs is 1. The van der Waals surface area contributed by atoms with Crippen LogP contribution in [-0.2, 0) is 23.4 Å². The van der Waals surface area contributed by atoms with Crippen LogP contribution in [0.5, 0.6) is 0 Å². The van der Waals surface area contributed by atoms with Crippen molar-refractivity contribution in [2.24, 2.45) is 0 Å². The molecule has 2 saturated heterocycles. The van der Waals surface area contributed by atoms with E-state index in [0.29, 0.717) is 36.4 Å². The third-order valence-corrected chi connectivity index (χ3v) is 7.81. The van der Waals surface area contributed by atoms with E-state index >= 15 is 0 Å². The molecule has 8 nitrogen and oxygen atoms in total. The fourth-order valence-electron chi connectivity index (χ4n) is 4.41. The highest BCUT2D eigenvalue weighted by Gasteiger charge is 2.43. The Morgan fingerprint density at radius 1 is 1.28 bits per heavy atom. The van der Waals surface area contributed by atoms with Crippen LogP contribution in [0.1, 0.15) is 43.0 Å². The quantitative estimate of drug-likeness (QED) is 0.802. The maximum Gasteiger partial charge on any atom is 0.332 e. The highest BCUT2D eigenvalue weighted by Crippen LogP contribution is 2.41. The highest BCUT2D eigenvalue weighted by molar-refractivity contribution is 7.18. The summed E-state index contributed by atoms with van der Waals surface area (Å²) in [5.41, 5.74) is 0.0716. The minimum absolute atomic E-state index is 0.00378. The lowest BCUT2D eigenvalue weighted by Crippen LogP contribution is -2.45. The number of nitrogens with zero attached hydrogens (tertiary/aromatic N) is 3. The van der Waals surface area contributed by atoms with Crippen LogP contribution in [0.2, 0.25) is 0 Å². The van der Waals surface area contributed by atoms with Gasteiger partial charge in [0.15, 0.2) is 0 Å². The third kappa shape index (κ3) is 3.02. The smallest absolute Gasteiger partial charge is 0.332 e. The van der Waals surface area contributed by atoms with Gasteiger partial charge in [0.2, 0.25) is 0 Å². The zero-order chi connectivity index (χ0) is 20.3. The van der Waals surface area contributed by atoms with E-state index in [1.807, 2.05) is 13.8 Å². The molecule has 0 aromatic carbocycles. The van der Waals surface area contributed by atoms with Gasteiger partial charge >= 0.3 is 11.7 Å². The number of nitrogens with one attached hydrogen (secondary N) is 1. The summed E-state index contributed by atoms with van der Waals surface area (Å²) in [6.45, 7) is 6.85. The first kappa shape index (κ1) is 18.9. The van der Waals surface area contributed by atoms with Crippen molar-refractivity contribution in [3.05, 3.63) is 31.3 Å². The topological polar surface area (TPSA) is 85.6 Å². The molecule has 1 atom stereocenters. The van der Waals surface area contributed by atoms with Gasteiger partial charge in [0.1, 0.15) is 4.83 Å². The average Bonchev–Trinajstić information content (AvgIpc) is 3.06. The number of ether oxygens (including phenoxy) is 1. The summed E-state index contributed by atoms with van der Waals surface area (Å²) >= 11 is 1.46. The predicted molar refractivity (Wildman–Crippen MR) is 111 cm³/mol. The molecular formula is C20H26N4O4S. The molecule has 3 aliphatic rings. The van der Waals surface area contributed by atoms with Crippen LogP contribution in [0.4, 0.5) is 4.79 Å². The van der Waals surface area contributed by atoms with E-state index in [9.17, 15) is 14.4 Å². The fourth-order valence-corrected chi connectivity index (χ4v) is 5.73. The Morgan fingerprint density at radius 2 is 2.07 bits per heavy atom. The summed E-state index contributed by atoms with van der Waals surface area (Å²) in [7, 11) is 0. The minimum Gasteiger partial charge on any atom is -0.376 e. The molecule has 9 heteroatoms. The van der Waals surface area contributed by atoms with Crippen molar-refractivity contribution in [1.82, 2.24) is 19.4 Å². The van der Waals surface area contributed by atoms with E-state index in [1.165, 1.54) is 15.9 Å². The van der Waals surface area contributed by atoms with Crippen molar-refractivity contribution in [2.75, 3.05) is 19.7 Å². The van der Waals surface area contributed by atoms with E-state index in [0.717, 1.165) is 42.7 Å². The number of thiophene rings is 1. The summed E-state index contributed by atoms with van der Waals surface area (Å²) in [6, 6.07) is -0.0819. The Hall–Kier alpha value is -2.13. The first-order chi connectivity index (χ1) is 13.9. The number of aryl methyl sites for hydroxylation is 1. The van der Waals surface area contributed by atoms with Gasteiger partial charge in [-0.2, -0.15) is 0 Å². The third-order valence-electron chi connectivity index (χ3n) is 6.51. The van der Waals surface area contributed by atoms with E-state index in [1.54, 1.807) is 9.47 Å². The van der Waals surface area contributed by atoms with Crippen molar-refractivity contribution in [2.45, 2.75) is 64.3 Å². The van der Waals surface area contributed by atoms with Gasteiger partial charge in [-0.3, -0.25) is 13.9 Å². The monoisotopic (exact) mass is 418 g/mol. The predicted octanol–water partition coefficient (Wildman–Crippen LogP) is 1.75. The van der Waals surface area contributed by atoms with Gasteiger partial charge in [-0.25, -0.2) is 9.59 Å². The van der Waals surface area contributed by atoms with Crippen LogP contribution in [0, 0.1) is 6.92 Å². The molecule has 2 amide bonds. The average molecular weight is 419 g/mol. The fraction of sp³-hybridized carbons (Fsp3) is 0.650. The van der Waals surface area contributed by atoms with Gasteiger partial charge in [0.25, 0.3) is 5.56 Å². The molecular weight excluding hydrogens is 392 g/mol. The highest BCUT2D eigenvalue weighted by atomic mass is 32.1. The lowest BCUT2D eigenvalue weighted by atomic mass is 10.2. The van der Waals surface area contributed by atoms with Crippen LogP contribution in [0.25, 0.3) is 10.2 Å². The standard InChI is InChI=1S/C20H26N4O4S/c1-12-14(11-22-8-7-21-18(22)26)29-17-15(12)16(25)24(20(2)5-6-20)19(27)23(17)10-13-4-3-9-28-13/h13H,3-11H2,1-2H3,(H,21,26)/t13-/m1/s1. The maximum atomic E-state index is 13.4. The van der Waals surface area contributed by atoms with Crippen molar-refractivity contribution < 1.29 is 9.53 Å². The molecule has 5 rings (SSSR count). The zero-order valence-corrected chi connectivity index (χ0v) is 17.6. The number of hydrogen-bond donors (Lipinski definition) is 1. The lowest BCUT2D eigenvalue weighted by molar-refractivity contribution is 0.0964. The van der Waals surface area contributed by atoms with Crippen LogP contribution in [0.3, 0.4) is 0 Å². The second-order valence-corrected chi connectivity index (χ2v) is 9.73. The van der Waals surface area contributed by atoms with E-state index in [4.69, 9.17) is 4.74 Å². The van der Waals surface area contributed by atoms with Gasteiger partial charge < -0.3 is 15.0 Å². The van der Waals surface area contributed by atoms with E-state index < -0.39 is 0 Å². The Morgan fingerprint density at radius 3 is 2.69 bits per heavy atom. The number of urea groups is 1. The molecule has 0 bridgehead atoms. The summed E-state index contributed by atoms with van der Waals surface area (Å²) in [4.78, 5) is 42.2. The number of rotatable bonds is 5. The van der Waals surface area contributed by atoms with Gasteiger partial charge in [0, 0.05) is 24.6 Å². The van der Waals surface area contributed by atoms with Crippen molar-refractivity contribution in [1.29, 1.82) is 0 Å². The minimum atomic E-state index is -0.385. The van der Waals surface area contributed by atoms with Crippen LogP contribution in [0.15, 0.2) is 9.59 Å². The largest absolute Gasteiger partial charge is 0.376 e. The molecule has 0 spiro atoms. The molecule has 2 aromatic rings. The first-order valence-electron chi connectivity index (χ1n) is 10.3. The summed E-state index contributed by atoms with van der Waals surface area (Å²) in [6.07, 6.45) is 3.62. The summed E-state index contributed by atoms with van der Waals surface area (Å²) in [5, 5.41) is 3.44. The van der Waals surface area contributed by atoms with E-state index in [2.05, 4.69) is 5.32 Å². The number of hydrogen-bond acceptors (Lipinski definition) is 5. The van der Waals surface area contributed by atoms with Crippen LogP contribution in [-0.4, -0.2) is 45.9 Å². The molecule has 3 fully saturated rings. The second-order valence-electron chi connectivity index (χ2n) is 8.65. The molecule has 2 aromatic heterocycles. The van der Waals surface area contributed by atoms with Crippen molar-refractivity contribution >= 4 is 27.6 Å². The molecule has 1 N–H and O–H groups in total. The molecule has 2 aliphatic heterocycles. The normalized spacial score (nSPS) is 23.2. The Kier molecular flexibility index (Phi) is 4.36. The summed E-state index contributed by atoms with van der Waals surface area (Å²) in [5.74, 6) is 0. The molecule has 0 radical (unpaired) electrons. The molecule has 29 heavy (non-hydrogen) atoms. The van der Waals surface area contributed by atoms with Crippen molar-refractivity contribution in [3.8, 4) is 0 Å². The Bertz CT molecular complexity index is 1100. The SMILES string of the molecule is Cc1c(CN2CCNC2=O)sc2c1c(=O)n(C1(C)CC1)c(=O)n2C[C@H]1CCCO1. The van der Waals surface area contributed by atoms with Gasteiger partial charge in [-0.1, -0.05) is 0 Å². The molecule has 0 unspecified atom stereocenters. The van der Waals surface area contributed by atoms with Gasteiger partial charge in [-0.15, -0.1) is 11.3 Å². The number of amides is 2. The van der Waals surface area contributed by atoms with E-state index in [-0.39, 0.29) is 28.9 Å². The molecule has 1 saturated carbocycles. The Balaban J connectivity index is 1.68. The number of carbonyl (C=O) groups excluding carboxylic acids is 1. The molecule has 1 aliphatic carbocycles. The molecule has 4 heterocycles. The maximum absolute atomic E-state index is 13.4. The second kappa shape index (κ2) is 6.70. The van der Waals surface area contributed by atoms with Crippen LogP contribution >= 0.6 is 11.3 Å². The van der Waals surface area contributed by atoms with Gasteiger partial charge in [0.05, 0.1) is 30.1 Å².